The molecule has 6 nitrogen and oxygen atoms in total. The molecule has 0 amide bonds. The topological polar surface area (TPSA) is 67.7 Å². The molecule has 4 aromatic rings. The van der Waals surface area contributed by atoms with Crippen molar-refractivity contribution in [3.8, 4) is 10.6 Å². The lowest BCUT2D eigenvalue weighted by molar-refractivity contribution is 0.496. The fraction of sp³-hybridized carbons (Fsp3) is 0.381. The van der Waals surface area contributed by atoms with Gasteiger partial charge in [-0.3, -0.25) is 0 Å². The van der Waals surface area contributed by atoms with E-state index in [1.807, 2.05) is 25.0 Å². The minimum Gasteiger partial charge on any atom is -0.371 e. The maximum Gasteiger partial charge on any atom is 0.155 e. The smallest absolute Gasteiger partial charge is 0.155 e. The summed E-state index contributed by atoms with van der Waals surface area (Å²) in [6.45, 7) is 7.66. The van der Waals surface area contributed by atoms with E-state index in [-0.39, 0.29) is 0 Å². The van der Waals surface area contributed by atoms with Crippen LogP contribution in [-0.4, -0.2) is 33.1 Å². The van der Waals surface area contributed by atoms with Gasteiger partial charge in [-0.25, -0.2) is 15.0 Å². The summed E-state index contributed by atoms with van der Waals surface area (Å²) in [5.74, 6) is 1.42. The zero-order chi connectivity index (χ0) is 19.8. The third-order valence-corrected chi connectivity index (χ3v) is 5.91. The lowest BCUT2D eigenvalue weighted by Crippen LogP contribution is -2.23. The van der Waals surface area contributed by atoms with Crippen LogP contribution in [0.3, 0.4) is 0 Å². The lowest BCUT2D eigenvalue weighted by Gasteiger charge is -2.16. The lowest BCUT2D eigenvalue weighted by atomic mass is 10.0. The van der Waals surface area contributed by atoms with Crippen LogP contribution in [-0.2, 0) is 7.05 Å². The van der Waals surface area contributed by atoms with E-state index in [0.29, 0.717) is 12.0 Å². The van der Waals surface area contributed by atoms with E-state index >= 15 is 0 Å². The van der Waals surface area contributed by atoms with Gasteiger partial charge in [0.25, 0.3) is 0 Å². The van der Waals surface area contributed by atoms with E-state index in [0.717, 1.165) is 44.3 Å². The number of nitrogens with zero attached hydrogens (tertiary/aromatic N) is 4. The van der Waals surface area contributed by atoms with Gasteiger partial charge in [-0.05, 0) is 31.0 Å². The van der Waals surface area contributed by atoms with Crippen LogP contribution >= 0.6 is 11.3 Å². The van der Waals surface area contributed by atoms with Gasteiger partial charge in [0, 0.05) is 25.7 Å². The van der Waals surface area contributed by atoms with Crippen LogP contribution in [0.5, 0.6) is 0 Å². The molecule has 146 valence electrons. The molecule has 0 spiro atoms. The first-order chi connectivity index (χ1) is 13.5. The Morgan fingerprint density at radius 1 is 1.14 bits per heavy atom. The fourth-order valence-electron chi connectivity index (χ4n) is 3.35. The second-order valence-corrected chi connectivity index (χ2v) is 8.56. The second-order valence-electron chi connectivity index (χ2n) is 7.59. The molecule has 3 aromatic heterocycles. The van der Waals surface area contributed by atoms with Crippen molar-refractivity contribution in [3.05, 3.63) is 36.2 Å². The van der Waals surface area contributed by atoms with Gasteiger partial charge in [0.15, 0.2) is 5.82 Å². The number of anilines is 1. The third-order valence-electron chi connectivity index (χ3n) is 4.91. The minimum absolute atomic E-state index is 0.300. The number of imidazole rings is 1. The Balaban J connectivity index is 1.77. The average molecular weight is 395 g/mol. The molecular formula is C21H26N6S. The molecule has 0 radical (unpaired) electrons. The van der Waals surface area contributed by atoms with E-state index in [1.54, 1.807) is 11.3 Å². The van der Waals surface area contributed by atoms with Gasteiger partial charge in [0.2, 0.25) is 0 Å². The molecular weight excluding hydrogens is 368 g/mol. The van der Waals surface area contributed by atoms with Gasteiger partial charge in [-0.15, -0.1) is 0 Å². The number of pyridine rings is 1. The molecule has 28 heavy (non-hydrogen) atoms. The van der Waals surface area contributed by atoms with Crippen molar-refractivity contribution in [2.75, 3.05) is 18.9 Å². The number of fused-ring (bicyclic) bond motifs is 3. The Morgan fingerprint density at radius 3 is 2.71 bits per heavy atom. The van der Waals surface area contributed by atoms with Crippen LogP contribution < -0.4 is 10.6 Å². The Labute approximate surface area is 169 Å². The van der Waals surface area contributed by atoms with Crippen LogP contribution in [0.2, 0.25) is 0 Å². The molecule has 0 saturated carbocycles. The zero-order valence-electron chi connectivity index (χ0n) is 16.9. The quantitative estimate of drug-likeness (QED) is 0.500. The summed E-state index contributed by atoms with van der Waals surface area (Å²) in [6, 6.07) is 8.93. The normalized spacial score (nSPS) is 12.9. The Hall–Kier alpha value is -2.51. The van der Waals surface area contributed by atoms with E-state index in [1.165, 1.54) is 5.56 Å². The van der Waals surface area contributed by atoms with Crippen LogP contribution in [0, 0.1) is 5.92 Å². The van der Waals surface area contributed by atoms with Crippen LogP contribution in [0.4, 0.5) is 5.82 Å². The summed E-state index contributed by atoms with van der Waals surface area (Å²) in [7, 11) is 3.87. The van der Waals surface area contributed by atoms with Crippen LogP contribution in [0.25, 0.3) is 32.0 Å². The Bertz CT molecular complexity index is 1130. The summed E-state index contributed by atoms with van der Waals surface area (Å²) < 4.78 is 2.01. The number of aromatic nitrogens is 4. The fourth-order valence-corrected chi connectivity index (χ4v) is 4.29. The van der Waals surface area contributed by atoms with Crippen LogP contribution in [0.15, 0.2) is 30.6 Å². The van der Waals surface area contributed by atoms with Gasteiger partial charge < -0.3 is 15.2 Å². The van der Waals surface area contributed by atoms with Gasteiger partial charge >= 0.3 is 0 Å². The molecule has 2 N–H and O–H groups in total. The molecule has 0 aliphatic heterocycles. The zero-order valence-corrected chi connectivity index (χ0v) is 17.8. The first-order valence-electron chi connectivity index (χ1n) is 9.61. The van der Waals surface area contributed by atoms with Gasteiger partial charge in [0.05, 0.1) is 6.33 Å². The number of hydrogen-bond donors (Lipinski definition) is 2. The molecule has 0 fully saturated rings. The highest BCUT2D eigenvalue weighted by Gasteiger charge is 2.17. The molecule has 7 heteroatoms. The van der Waals surface area contributed by atoms with Crippen molar-refractivity contribution in [2.24, 2.45) is 13.0 Å². The maximum atomic E-state index is 4.94. The van der Waals surface area contributed by atoms with E-state index < -0.39 is 0 Å². The first kappa shape index (κ1) is 18.8. The number of aryl methyl sites for hydroxylation is 1. The molecule has 1 unspecified atom stereocenters. The number of hydrogen-bond acceptors (Lipinski definition) is 6. The minimum atomic E-state index is 0.300. The highest BCUT2D eigenvalue weighted by Crippen LogP contribution is 2.35. The summed E-state index contributed by atoms with van der Waals surface area (Å²) in [6.07, 6.45) is 1.81. The van der Waals surface area contributed by atoms with E-state index in [2.05, 4.69) is 60.7 Å². The molecule has 0 saturated heterocycles. The first-order valence-corrected chi connectivity index (χ1v) is 10.4. The third kappa shape index (κ3) is 3.36. The van der Waals surface area contributed by atoms with Crippen molar-refractivity contribution in [1.29, 1.82) is 0 Å². The average Bonchev–Trinajstić information content (AvgIpc) is 3.29. The van der Waals surface area contributed by atoms with Crippen molar-refractivity contribution < 1.29 is 0 Å². The van der Waals surface area contributed by atoms with Gasteiger partial charge in [-0.1, -0.05) is 43.4 Å². The molecule has 0 aliphatic rings. The van der Waals surface area contributed by atoms with Crippen LogP contribution in [0.1, 0.15) is 32.4 Å². The van der Waals surface area contributed by atoms with Crippen molar-refractivity contribution in [3.63, 3.8) is 0 Å². The van der Waals surface area contributed by atoms with E-state index in [9.17, 15) is 0 Å². The molecule has 3 heterocycles. The highest BCUT2D eigenvalue weighted by molar-refractivity contribution is 7.21. The predicted molar refractivity (Wildman–Crippen MR) is 118 cm³/mol. The number of benzene rings is 1. The van der Waals surface area contributed by atoms with Crippen molar-refractivity contribution in [1.82, 2.24) is 24.8 Å². The number of nitrogens with one attached hydrogen (secondary N) is 2. The molecule has 1 atom stereocenters. The molecule has 1 aromatic carbocycles. The summed E-state index contributed by atoms with van der Waals surface area (Å²) in [4.78, 5) is 15.1. The van der Waals surface area contributed by atoms with Crippen molar-refractivity contribution >= 4 is 38.5 Å². The molecule has 4 rings (SSSR count). The SMILES string of the molecule is CNc1nc2sc(-c3cccc(C(C)NCC(C)C)c3)nc2c2c1ncn2C. The molecule has 0 aliphatic carbocycles. The predicted octanol–water partition coefficient (Wildman–Crippen LogP) is 4.59. The largest absolute Gasteiger partial charge is 0.371 e. The Morgan fingerprint density at radius 2 is 1.96 bits per heavy atom. The highest BCUT2D eigenvalue weighted by atomic mass is 32.1. The summed E-state index contributed by atoms with van der Waals surface area (Å²) in [5.41, 5.74) is 5.17. The van der Waals surface area contributed by atoms with Crippen molar-refractivity contribution in [2.45, 2.75) is 26.8 Å². The molecule has 0 bridgehead atoms. The maximum absolute atomic E-state index is 4.94. The number of thiazole rings is 1. The number of rotatable bonds is 6. The summed E-state index contributed by atoms with van der Waals surface area (Å²) >= 11 is 1.62. The van der Waals surface area contributed by atoms with E-state index in [4.69, 9.17) is 9.97 Å². The van der Waals surface area contributed by atoms with Gasteiger partial charge in [-0.2, -0.15) is 0 Å². The second kappa shape index (κ2) is 7.48. The standard InChI is InChI=1S/C21H26N6S/c1-12(2)10-23-13(3)14-7-6-8-15(9-14)20-25-17-18-16(24-11-27(18)5)19(22-4)26-21(17)28-20/h6-9,11-13,23H,10H2,1-5H3,(H,22,26). The monoisotopic (exact) mass is 394 g/mol. The summed E-state index contributed by atoms with van der Waals surface area (Å²) in [5, 5.41) is 7.74. The Kier molecular flexibility index (Phi) is 5.03. The van der Waals surface area contributed by atoms with Gasteiger partial charge in [0.1, 0.15) is 26.4 Å².